The molecule has 0 spiro atoms. The van der Waals surface area contributed by atoms with Crippen LogP contribution < -0.4 is 16.8 Å². The fourth-order valence-corrected chi connectivity index (χ4v) is 1.31. The number of nitrogens with one attached hydrogen (secondary N) is 1. The summed E-state index contributed by atoms with van der Waals surface area (Å²) in [4.78, 5) is 28.2. The Balaban J connectivity index is 4.17. The van der Waals surface area contributed by atoms with Crippen LogP contribution in [-0.4, -0.2) is 49.2 Å². The number of rotatable bonds is 7. The van der Waals surface area contributed by atoms with Gasteiger partial charge in [0.2, 0.25) is 0 Å². The third-order valence-corrected chi connectivity index (χ3v) is 2.39. The summed E-state index contributed by atoms with van der Waals surface area (Å²) in [6.45, 7) is 7.13. The van der Waals surface area contributed by atoms with E-state index in [1.807, 2.05) is 6.92 Å². The summed E-state index contributed by atoms with van der Waals surface area (Å²) in [5, 5.41) is 2.59. The van der Waals surface area contributed by atoms with Crippen molar-refractivity contribution in [3.8, 4) is 0 Å². The summed E-state index contributed by atoms with van der Waals surface area (Å²) in [7, 11) is 1.58. The number of hydrogen-bond donors (Lipinski definition) is 3. The molecule has 0 aliphatic carbocycles. The van der Waals surface area contributed by atoms with Crippen molar-refractivity contribution in [1.29, 1.82) is 0 Å². The lowest BCUT2D eigenvalue weighted by molar-refractivity contribution is -0.138. The predicted octanol–water partition coefficient (Wildman–Crippen LogP) is -0.243. The highest BCUT2D eigenvalue weighted by atomic mass is 16.5. The summed E-state index contributed by atoms with van der Waals surface area (Å²) in [6, 6.07) is -0.353. The fourth-order valence-electron chi connectivity index (χ4n) is 1.31. The molecule has 2 amide bonds. The van der Waals surface area contributed by atoms with Crippen molar-refractivity contribution in [3.63, 3.8) is 0 Å². The van der Waals surface area contributed by atoms with E-state index in [-0.39, 0.29) is 25.1 Å². The van der Waals surface area contributed by atoms with E-state index in [2.05, 4.69) is 16.9 Å². The van der Waals surface area contributed by atoms with Gasteiger partial charge in [-0.2, -0.15) is 0 Å². The van der Waals surface area contributed by atoms with Crippen LogP contribution in [0.25, 0.3) is 0 Å². The maximum absolute atomic E-state index is 11.8. The van der Waals surface area contributed by atoms with Gasteiger partial charge in [0.1, 0.15) is 12.8 Å². The summed E-state index contributed by atoms with van der Waals surface area (Å²) in [5.74, 6) is -0.563. The summed E-state index contributed by atoms with van der Waals surface area (Å²) in [5.41, 5.74) is 10.9. The van der Waals surface area contributed by atoms with Crippen LogP contribution in [0.1, 0.15) is 20.3 Å². The number of amides is 2. The normalized spacial score (nSPS) is 11.2. The van der Waals surface area contributed by atoms with E-state index in [1.54, 1.807) is 14.0 Å². The topological polar surface area (TPSA) is 123 Å². The van der Waals surface area contributed by atoms with Gasteiger partial charge in [-0.25, -0.2) is 14.6 Å². The van der Waals surface area contributed by atoms with Crippen LogP contribution in [0.3, 0.4) is 0 Å². The van der Waals surface area contributed by atoms with E-state index in [1.165, 1.54) is 4.90 Å². The molecule has 0 aliphatic heterocycles. The molecule has 5 N–H and O–H groups in total. The number of guanidine groups is 1. The lowest BCUT2D eigenvalue weighted by Gasteiger charge is -2.24. The van der Waals surface area contributed by atoms with E-state index >= 15 is 0 Å². The summed E-state index contributed by atoms with van der Waals surface area (Å²) >= 11 is 0. The van der Waals surface area contributed by atoms with Crippen LogP contribution in [0.15, 0.2) is 17.1 Å². The van der Waals surface area contributed by atoms with Gasteiger partial charge in [0, 0.05) is 12.6 Å². The molecule has 0 bridgehead atoms. The number of aliphatic imine (C=N–C) groups is 1. The van der Waals surface area contributed by atoms with Crippen molar-refractivity contribution < 1.29 is 14.3 Å². The van der Waals surface area contributed by atoms with Crippen molar-refractivity contribution in [1.82, 2.24) is 10.2 Å². The Morgan fingerprint density at radius 1 is 1.45 bits per heavy atom. The molecular weight excluding hydrogens is 262 g/mol. The summed E-state index contributed by atoms with van der Waals surface area (Å²) in [6.07, 6.45) is 0.143. The van der Waals surface area contributed by atoms with E-state index in [4.69, 9.17) is 16.2 Å². The van der Waals surface area contributed by atoms with Gasteiger partial charge in [0.25, 0.3) is 0 Å². The molecule has 8 nitrogen and oxygen atoms in total. The zero-order valence-corrected chi connectivity index (χ0v) is 12.2. The minimum Gasteiger partial charge on any atom is -0.460 e. The number of nitrogens with two attached hydrogens (primary N) is 2. The van der Waals surface area contributed by atoms with E-state index in [0.717, 1.165) is 0 Å². The van der Waals surface area contributed by atoms with Crippen LogP contribution in [-0.2, 0) is 9.53 Å². The first kappa shape index (κ1) is 17.8. The van der Waals surface area contributed by atoms with Crippen molar-refractivity contribution in [2.45, 2.75) is 26.4 Å². The zero-order valence-electron chi connectivity index (χ0n) is 12.2. The summed E-state index contributed by atoms with van der Waals surface area (Å²) < 4.78 is 4.85. The monoisotopic (exact) mass is 285 g/mol. The molecule has 0 saturated heterocycles. The SMILES string of the molecule is C=C(C)C(=O)OCCNC(=O)N(C)C(CC)N=C(N)N. The van der Waals surface area contributed by atoms with Crippen LogP contribution >= 0.6 is 0 Å². The van der Waals surface area contributed by atoms with E-state index in [9.17, 15) is 9.59 Å². The van der Waals surface area contributed by atoms with Gasteiger partial charge in [-0.1, -0.05) is 13.5 Å². The second-order valence-electron chi connectivity index (χ2n) is 4.20. The first-order valence-electron chi connectivity index (χ1n) is 6.21. The Kier molecular flexibility index (Phi) is 7.80. The van der Waals surface area contributed by atoms with Gasteiger partial charge in [-0.3, -0.25) is 0 Å². The second-order valence-corrected chi connectivity index (χ2v) is 4.20. The fraction of sp³-hybridized carbons (Fsp3) is 0.583. The maximum Gasteiger partial charge on any atom is 0.333 e. The van der Waals surface area contributed by atoms with Crippen LogP contribution in [0.5, 0.6) is 0 Å². The third-order valence-electron chi connectivity index (χ3n) is 2.39. The molecule has 0 saturated carbocycles. The van der Waals surface area contributed by atoms with Crippen LogP contribution in [0.2, 0.25) is 0 Å². The smallest absolute Gasteiger partial charge is 0.333 e. The predicted molar refractivity (Wildman–Crippen MR) is 76.8 cm³/mol. The Bertz CT molecular complexity index is 391. The zero-order chi connectivity index (χ0) is 15.7. The Hall–Kier alpha value is -2.25. The van der Waals surface area contributed by atoms with Crippen molar-refractivity contribution >= 4 is 18.0 Å². The number of nitrogens with zero attached hydrogens (tertiary/aromatic N) is 2. The minimum absolute atomic E-state index is 0.0738. The van der Waals surface area contributed by atoms with Gasteiger partial charge in [0.15, 0.2) is 5.96 Å². The Morgan fingerprint density at radius 2 is 2.05 bits per heavy atom. The standard InChI is InChI=1S/C12H23N5O3/c1-5-9(16-11(13)14)17(4)12(19)15-6-7-20-10(18)8(2)3/h9H,2,5-7H2,1,3-4H3,(H,15,19)(H4,13,14,16). The average molecular weight is 285 g/mol. The molecule has 0 aromatic carbocycles. The molecule has 20 heavy (non-hydrogen) atoms. The van der Waals surface area contributed by atoms with Gasteiger partial charge >= 0.3 is 12.0 Å². The van der Waals surface area contributed by atoms with Gasteiger partial charge in [-0.15, -0.1) is 0 Å². The first-order valence-corrected chi connectivity index (χ1v) is 6.21. The molecule has 114 valence electrons. The quantitative estimate of drug-likeness (QED) is 0.196. The molecule has 1 atom stereocenters. The number of carbonyl (C=O) groups excluding carboxylic acids is 2. The molecule has 0 aromatic heterocycles. The Morgan fingerprint density at radius 3 is 2.50 bits per heavy atom. The maximum atomic E-state index is 11.8. The van der Waals surface area contributed by atoms with E-state index in [0.29, 0.717) is 12.0 Å². The van der Waals surface area contributed by atoms with E-state index < -0.39 is 12.1 Å². The molecule has 0 rings (SSSR count). The largest absolute Gasteiger partial charge is 0.460 e. The van der Waals surface area contributed by atoms with Gasteiger partial charge in [0.05, 0.1) is 6.54 Å². The number of hydrogen-bond acceptors (Lipinski definition) is 4. The van der Waals surface area contributed by atoms with Crippen molar-refractivity contribution in [2.24, 2.45) is 16.5 Å². The Labute approximate surface area is 118 Å². The lowest BCUT2D eigenvalue weighted by atomic mass is 10.3. The first-order chi connectivity index (χ1) is 9.29. The highest BCUT2D eigenvalue weighted by Gasteiger charge is 2.17. The van der Waals surface area contributed by atoms with Gasteiger partial charge < -0.3 is 26.4 Å². The highest BCUT2D eigenvalue weighted by molar-refractivity contribution is 5.86. The number of esters is 1. The molecule has 0 radical (unpaired) electrons. The number of urea groups is 1. The van der Waals surface area contributed by atoms with Crippen molar-refractivity contribution in [2.75, 3.05) is 20.2 Å². The lowest BCUT2D eigenvalue weighted by Crippen LogP contribution is -2.45. The third kappa shape index (κ3) is 6.62. The van der Waals surface area contributed by atoms with Crippen molar-refractivity contribution in [3.05, 3.63) is 12.2 Å². The average Bonchev–Trinajstić information content (AvgIpc) is 2.39. The molecule has 0 heterocycles. The highest BCUT2D eigenvalue weighted by Crippen LogP contribution is 2.03. The molecule has 1 unspecified atom stereocenters. The van der Waals surface area contributed by atoms with Gasteiger partial charge in [-0.05, 0) is 13.3 Å². The molecule has 0 aliphatic rings. The van der Waals surface area contributed by atoms with Crippen LogP contribution in [0, 0.1) is 0 Å². The molecule has 0 fully saturated rings. The number of ether oxygens (including phenoxy) is 1. The number of carbonyl (C=O) groups is 2. The molecular formula is C12H23N5O3. The molecule has 8 heteroatoms. The minimum atomic E-state index is -0.487. The molecule has 0 aromatic rings. The second kappa shape index (κ2) is 8.78. The van der Waals surface area contributed by atoms with Crippen LogP contribution in [0.4, 0.5) is 4.79 Å².